The average Bonchev–Trinajstić information content (AvgIpc) is 3.61. The van der Waals surface area contributed by atoms with Gasteiger partial charge in [-0.2, -0.15) is 0 Å². The molecule has 5 aromatic rings. The summed E-state index contributed by atoms with van der Waals surface area (Å²) in [5.41, 5.74) is 14.4. The van der Waals surface area contributed by atoms with E-state index < -0.39 is 21.3 Å². The molecule has 5 aromatic carbocycles. The molecule has 0 bridgehead atoms. The number of hydrogen-bond donors (Lipinski definition) is 0. The third-order valence-corrected chi connectivity index (χ3v) is 18.8. The average molecular weight is 690 g/mol. The fourth-order valence-electron chi connectivity index (χ4n) is 7.48. The van der Waals surface area contributed by atoms with Gasteiger partial charge in [0, 0.05) is 0 Å². The Bertz CT molecular complexity index is 1920. The first kappa shape index (κ1) is 31.9. The monoisotopic (exact) mass is 688 g/mol. The third kappa shape index (κ3) is 6.09. The molecule has 0 N–H and O–H groups in total. The van der Waals surface area contributed by atoms with Crippen LogP contribution in [0.1, 0.15) is 91.0 Å². The van der Waals surface area contributed by atoms with Crippen LogP contribution in [-0.4, -0.2) is 3.21 Å². The van der Waals surface area contributed by atoms with Crippen LogP contribution in [0.3, 0.4) is 0 Å². The topological polar surface area (TPSA) is 0 Å². The minimum atomic E-state index is -2.87. The minimum absolute atomic E-state index is 0.0822. The normalized spacial score (nSPS) is 15.9. The van der Waals surface area contributed by atoms with E-state index in [1.165, 1.54) is 55.6 Å². The molecular weight excluding hydrogens is 644 g/mol. The van der Waals surface area contributed by atoms with Crippen molar-refractivity contribution in [2.45, 2.75) is 62.9 Å². The summed E-state index contributed by atoms with van der Waals surface area (Å²) in [5, 5.41) is 0. The van der Waals surface area contributed by atoms with E-state index in [1.54, 1.807) is 6.49 Å². The fraction of sp³-hybridized carbons (Fsp3) is 0.239. The second-order valence-electron chi connectivity index (χ2n) is 15.4. The van der Waals surface area contributed by atoms with E-state index in [4.69, 9.17) is 0 Å². The second-order valence-corrected chi connectivity index (χ2v) is 21.5. The molecule has 0 fully saturated rings. The predicted molar refractivity (Wildman–Crippen MR) is 199 cm³/mol. The van der Waals surface area contributed by atoms with Crippen molar-refractivity contribution in [1.82, 2.24) is 0 Å². The van der Waals surface area contributed by atoms with Crippen LogP contribution in [0.15, 0.2) is 143 Å². The van der Waals surface area contributed by atoms with Crippen LogP contribution in [0, 0.1) is 5.92 Å². The molecule has 1 atom stereocenters. The Morgan fingerprint density at radius 3 is 1.45 bits per heavy atom. The van der Waals surface area contributed by atoms with Gasteiger partial charge in [-0.05, 0) is 0 Å². The molecule has 0 saturated heterocycles. The molecule has 1 unspecified atom stereocenters. The first-order valence-corrected chi connectivity index (χ1v) is 21.0. The van der Waals surface area contributed by atoms with Gasteiger partial charge < -0.3 is 0 Å². The molecule has 47 heavy (non-hydrogen) atoms. The summed E-state index contributed by atoms with van der Waals surface area (Å²) in [7, 11) is 0. The first-order chi connectivity index (χ1) is 22.5. The molecule has 234 valence electrons. The van der Waals surface area contributed by atoms with E-state index in [2.05, 4.69) is 188 Å². The van der Waals surface area contributed by atoms with E-state index in [0.29, 0.717) is 9.54 Å². The van der Waals surface area contributed by atoms with Gasteiger partial charge in [0.25, 0.3) is 0 Å². The molecule has 0 aliphatic heterocycles. The van der Waals surface area contributed by atoms with Crippen molar-refractivity contribution in [3.05, 3.63) is 182 Å². The molecule has 0 nitrogen and oxygen atoms in total. The number of benzene rings is 5. The van der Waals surface area contributed by atoms with Crippen LogP contribution in [0.5, 0.6) is 0 Å². The van der Waals surface area contributed by atoms with Crippen molar-refractivity contribution in [2.24, 2.45) is 5.92 Å². The number of allylic oxidation sites excluding steroid dienone is 4. The molecule has 1 heteroatoms. The van der Waals surface area contributed by atoms with E-state index >= 15 is 0 Å². The van der Waals surface area contributed by atoms with Crippen molar-refractivity contribution in [2.75, 3.05) is 0 Å². The summed E-state index contributed by atoms with van der Waals surface area (Å²) in [4.78, 5) is 0. The molecule has 2 aliphatic carbocycles. The van der Waals surface area contributed by atoms with Gasteiger partial charge in [-0.25, -0.2) is 0 Å². The Morgan fingerprint density at radius 1 is 0.553 bits per heavy atom. The van der Waals surface area contributed by atoms with E-state index in [-0.39, 0.29) is 10.8 Å². The van der Waals surface area contributed by atoms with E-state index in [0.717, 1.165) is 0 Å². The molecule has 0 radical (unpaired) electrons. The second kappa shape index (κ2) is 12.4. The maximum atomic E-state index is 2.60. The summed E-state index contributed by atoms with van der Waals surface area (Å²) in [6.07, 6.45) is 5.13. The van der Waals surface area contributed by atoms with Crippen molar-refractivity contribution in [1.29, 1.82) is 0 Å². The molecule has 0 amide bonds. The zero-order valence-electron chi connectivity index (χ0n) is 28.9. The van der Waals surface area contributed by atoms with Crippen molar-refractivity contribution < 1.29 is 21.3 Å². The van der Waals surface area contributed by atoms with Gasteiger partial charge in [-0.15, -0.1) is 0 Å². The Morgan fingerprint density at radius 2 is 1.00 bits per heavy atom. The van der Waals surface area contributed by atoms with Gasteiger partial charge in [0.05, 0.1) is 0 Å². The molecule has 0 saturated carbocycles. The quantitative estimate of drug-likeness (QED) is 0.172. The molecule has 2 aliphatic rings. The zero-order valence-corrected chi connectivity index (χ0v) is 31.4. The summed E-state index contributed by atoms with van der Waals surface area (Å²) >= 11 is -2.87. The SMILES string of the molecule is CC1C=C(c2ccccc2)C=[C]1[Zr](=[C](c1ccccc1)c1ccccc1)[CH]1c2ccc(C(C)(C)C)cc2-c2cc(C(C)(C)C)ccc21. The summed E-state index contributed by atoms with van der Waals surface area (Å²) in [5.74, 6) is 0.386. The number of rotatable bonds is 5. The van der Waals surface area contributed by atoms with Crippen molar-refractivity contribution in [3.63, 3.8) is 0 Å². The van der Waals surface area contributed by atoms with Crippen LogP contribution >= 0.6 is 0 Å². The number of fused-ring (bicyclic) bond motifs is 3. The predicted octanol–water partition coefficient (Wildman–Crippen LogP) is 11.9. The van der Waals surface area contributed by atoms with E-state index in [9.17, 15) is 0 Å². The van der Waals surface area contributed by atoms with Crippen molar-refractivity contribution in [3.8, 4) is 11.1 Å². The Hall–Kier alpha value is -3.67. The molecule has 7 rings (SSSR count). The maximum absolute atomic E-state index is 2.87. The number of hydrogen-bond acceptors (Lipinski definition) is 0. The first-order valence-electron chi connectivity index (χ1n) is 17.1. The van der Waals surface area contributed by atoms with Gasteiger partial charge >= 0.3 is 292 Å². The van der Waals surface area contributed by atoms with Gasteiger partial charge in [-0.3, -0.25) is 0 Å². The Labute approximate surface area is 290 Å². The standard InChI is InChI=1S/C21H25.C13H10.C12H11.Zr/c1-20(2,3)16-9-7-14-11-15-8-10-17(21(4,5)6)13-19(15)18(14)12-16;1-3-7-12(8-4-1)11-13-9-5-2-6-10-13;1-10-7-8-12(9-10)11-5-3-2-4-6-11;/h7-13H,1-6H3;1-10H;2-6,8-10H,1H3;. The van der Waals surface area contributed by atoms with Gasteiger partial charge in [0.1, 0.15) is 0 Å². The van der Waals surface area contributed by atoms with Crippen molar-refractivity contribution >= 4 is 8.78 Å². The van der Waals surface area contributed by atoms with Gasteiger partial charge in [-0.1, -0.05) is 0 Å². The van der Waals surface area contributed by atoms with Crippen LogP contribution in [0.4, 0.5) is 0 Å². The Balaban J connectivity index is 1.58. The molecule has 0 heterocycles. The van der Waals surface area contributed by atoms with Gasteiger partial charge in [0.2, 0.25) is 0 Å². The molecular formula is C46H46Zr. The molecule has 0 aromatic heterocycles. The summed E-state index contributed by atoms with van der Waals surface area (Å²) in [6, 6.07) is 48.6. The fourth-order valence-corrected chi connectivity index (χ4v) is 17.0. The van der Waals surface area contributed by atoms with E-state index in [1.807, 2.05) is 0 Å². The third-order valence-electron chi connectivity index (χ3n) is 10.1. The zero-order chi connectivity index (χ0) is 32.9. The molecule has 0 spiro atoms. The summed E-state index contributed by atoms with van der Waals surface area (Å²) in [6.45, 7) is 16.5. The van der Waals surface area contributed by atoms with Crippen LogP contribution in [-0.2, 0) is 32.1 Å². The van der Waals surface area contributed by atoms with Crippen LogP contribution in [0.2, 0.25) is 0 Å². The Kier molecular flexibility index (Phi) is 8.43. The van der Waals surface area contributed by atoms with Crippen LogP contribution < -0.4 is 0 Å². The summed E-state index contributed by atoms with van der Waals surface area (Å²) < 4.78 is 3.65. The van der Waals surface area contributed by atoms with Gasteiger partial charge in [0.15, 0.2) is 0 Å². The van der Waals surface area contributed by atoms with Crippen LogP contribution in [0.25, 0.3) is 16.7 Å².